The molecule has 2 bridgehead atoms. The highest BCUT2D eigenvalue weighted by Gasteiger charge is 2.15. The molecule has 0 saturated carbocycles. The van der Waals surface area contributed by atoms with E-state index >= 15 is 0 Å². The van der Waals surface area contributed by atoms with Gasteiger partial charge in [0.25, 0.3) is 0 Å². The minimum atomic E-state index is 0.0503. The molecular formula is C23H39NO5. The molecule has 6 nitrogen and oxygen atoms in total. The number of rotatable bonds is 4. The van der Waals surface area contributed by atoms with Crippen molar-refractivity contribution in [2.45, 2.75) is 66.0 Å². The SMILES string of the molecule is CC(C)C[C@H]1COCCOCCOC[C@H](CC(C)C)OCc2cccc(n2)CO1. The van der Waals surface area contributed by atoms with E-state index in [9.17, 15) is 0 Å². The van der Waals surface area contributed by atoms with Crippen molar-refractivity contribution >= 4 is 0 Å². The van der Waals surface area contributed by atoms with E-state index in [1.807, 2.05) is 18.2 Å². The molecular weight excluding hydrogens is 370 g/mol. The highest BCUT2D eigenvalue weighted by atomic mass is 16.6. The third kappa shape index (κ3) is 11.1. The van der Waals surface area contributed by atoms with Gasteiger partial charge in [-0.2, -0.15) is 0 Å². The third-order valence-electron chi connectivity index (χ3n) is 4.62. The van der Waals surface area contributed by atoms with Gasteiger partial charge in [0.05, 0.1) is 76.5 Å². The Kier molecular flexibility index (Phi) is 11.7. The summed E-state index contributed by atoms with van der Waals surface area (Å²) in [5.41, 5.74) is 1.84. The van der Waals surface area contributed by atoms with E-state index in [4.69, 9.17) is 28.7 Å². The highest BCUT2D eigenvalue weighted by Crippen LogP contribution is 2.14. The second kappa shape index (κ2) is 14.0. The van der Waals surface area contributed by atoms with E-state index < -0.39 is 0 Å². The Morgan fingerprint density at radius 3 is 1.66 bits per heavy atom. The molecule has 166 valence electrons. The highest BCUT2D eigenvalue weighted by molar-refractivity contribution is 5.10. The first kappa shape index (κ1) is 24.2. The maximum atomic E-state index is 6.12. The van der Waals surface area contributed by atoms with Crippen LogP contribution in [0.15, 0.2) is 18.2 Å². The van der Waals surface area contributed by atoms with Crippen molar-refractivity contribution in [1.82, 2.24) is 4.98 Å². The van der Waals surface area contributed by atoms with Gasteiger partial charge in [-0.1, -0.05) is 33.8 Å². The Bertz CT molecular complexity index is 509. The molecule has 0 spiro atoms. The number of aromatic nitrogens is 1. The summed E-state index contributed by atoms with van der Waals surface area (Å²) in [6.07, 6.45) is 2.01. The quantitative estimate of drug-likeness (QED) is 0.749. The fourth-order valence-corrected chi connectivity index (χ4v) is 3.28. The molecule has 0 aliphatic carbocycles. The van der Waals surface area contributed by atoms with Crippen molar-refractivity contribution in [3.63, 3.8) is 0 Å². The molecule has 1 aliphatic heterocycles. The molecule has 0 amide bonds. The number of fused-ring (bicyclic) bond motifs is 2. The van der Waals surface area contributed by atoms with Crippen LogP contribution in [0, 0.1) is 11.8 Å². The molecule has 0 fully saturated rings. The van der Waals surface area contributed by atoms with Crippen molar-refractivity contribution in [1.29, 1.82) is 0 Å². The van der Waals surface area contributed by atoms with E-state index in [2.05, 4.69) is 27.7 Å². The Morgan fingerprint density at radius 1 is 0.759 bits per heavy atom. The summed E-state index contributed by atoms with van der Waals surface area (Å²) in [5, 5.41) is 0. The zero-order valence-electron chi connectivity index (χ0n) is 18.6. The minimum absolute atomic E-state index is 0.0503. The summed E-state index contributed by atoms with van der Waals surface area (Å²) in [5.74, 6) is 1.08. The maximum Gasteiger partial charge on any atom is 0.0892 e. The van der Waals surface area contributed by atoms with Crippen LogP contribution in [0.25, 0.3) is 0 Å². The van der Waals surface area contributed by atoms with Crippen molar-refractivity contribution in [3.05, 3.63) is 29.6 Å². The molecule has 2 atom stereocenters. The molecule has 1 aliphatic rings. The zero-order chi connectivity index (χ0) is 20.9. The van der Waals surface area contributed by atoms with Crippen LogP contribution in [0.4, 0.5) is 0 Å². The van der Waals surface area contributed by atoms with E-state index in [1.54, 1.807) is 0 Å². The van der Waals surface area contributed by atoms with Gasteiger partial charge in [0, 0.05) is 0 Å². The predicted octanol–water partition coefficient (Wildman–Crippen LogP) is 4.01. The first-order chi connectivity index (χ1) is 14.0. The first-order valence-electron chi connectivity index (χ1n) is 10.9. The van der Waals surface area contributed by atoms with Gasteiger partial charge in [-0.3, -0.25) is 4.98 Å². The standard InChI is InChI=1S/C23H39NO5/c1-18(2)12-22-16-26-10-8-25-9-11-27-17-23(13-19(3)4)29-15-21-7-5-6-20(24-21)14-28-22/h5-7,18-19,22-23H,8-17H2,1-4H3/t22-,23-/m0/s1. The molecule has 0 N–H and O–H groups in total. The van der Waals surface area contributed by atoms with Crippen LogP contribution in [0.1, 0.15) is 51.9 Å². The zero-order valence-corrected chi connectivity index (χ0v) is 18.6. The molecule has 2 rings (SSSR count). The van der Waals surface area contributed by atoms with Gasteiger partial charge in [0.15, 0.2) is 0 Å². The fourth-order valence-electron chi connectivity index (χ4n) is 3.28. The summed E-state index contributed by atoms with van der Waals surface area (Å²) in [7, 11) is 0. The van der Waals surface area contributed by atoms with Gasteiger partial charge < -0.3 is 23.7 Å². The lowest BCUT2D eigenvalue weighted by molar-refractivity contribution is -0.0612. The van der Waals surface area contributed by atoms with Crippen molar-refractivity contribution in [2.24, 2.45) is 11.8 Å². The number of hydrogen-bond acceptors (Lipinski definition) is 6. The maximum absolute atomic E-state index is 6.12. The number of pyridine rings is 1. The molecule has 0 saturated heterocycles. The van der Waals surface area contributed by atoms with Gasteiger partial charge in [-0.15, -0.1) is 0 Å². The van der Waals surface area contributed by atoms with Gasteiger partial charge in [-0.05, 0) is 36.8 Å². The lowest BCUT2D eigenvalue weighted by atomic mass is 10.1. The second-order valence-electron chi connectivity index (χ2n) is 8.51. The molecule has 1 aromatic rings. The van der Waals surface area contributed by atoms with Crippen LogP contribution < -0.4 is 0 Å². The summed E-state index contributed by atoms with van der Waals surface area (Å²) in [4.78, 5) is 4.71. The normalized spacial score (nSPS) is 23.7. The summed E-state index contributed by atoms with van der Waals surface area (Å²) in [6, 6.07) is 6.01. The Balaban J connectivity index is 2.00. The Morgan fingerprint density at radius 2 is 1.21 bits per heavy atom. The number of hydrogen-bond donors (Lipinski definition) is 0. The van der Waals surface area contributed by atoms with Crippen LogP contribution in [0.5, 0.6) is 0 Å². The van der Waals surface area contributed by atoms with Crippen LogP contribution in [0.3, 0.4) is 0 Å². The average molecular weight is 410 g/mol. The van der Waals surface area contributed by atoms with Crippen LogP contribution in [0.2, 0.25) is 0 Å². The van der Waals surface area contributed by atoms with Crippen LogP contribution in [-0.4, -0.2) is 56.8 Å². The summed E-state index contributed by atoms with van der Waals surface area (Å²) in [6.45, 7) is 13.1. The van der Waals surface area contributed by atoms with Crippen molar-refractivity contribution in [3.8, 4) is 0 Å². The predicted molar refractivity (Wildman–Crippen MR) is 113 cm³/mol. The summed E-state index contributed by atoms with van der Waals surface area (Å²) >= 11 is 0. The first-order valence-corrected chi connectivity index (χ1v) is 10.9. The monoisotopic (exact) mass is 409 g/mol. The van der Waals surface area contributed by atoms with E-state index in [-0.39, 0.29) is 12.2 Å². The van der Waals surface area contributed by atoms with E-state index in [1.165, 1.54) is 0 Å². The molecule has 0 unspecified atom stereocenters. The smallest absolute Gasteiger partial charge is 0.0892 e. The molecule has 2 heterocycles. The largest absolute Gasteiger partial charge is 0.377 e. The fraction of sp³-hybridized carbons (Fsp3) is 0.783. The molecule has 0 aromatic carbocycles. The summed E-state index contributed by atoms with van der Waals surface area (Å²) < 4.78 is 29.4. The van der Waals surface area contributed by atoms with Crippen molar-refractivity contribution in [2.75, 3.05) is 39.6 Å². The van der Waals surface area contributed by atoms with Crippen LogP contribution in [-0.2, 0) is 36.9 Å². The number of nitrogens with zero attached hydrogens (tertiary/aromatic N) is 1. The van der Waals surface area contributed by atoms with Gasteiger partial charge >= 0.3 is 0 Å². The second-order valence-corrected chi connectivity index (χ2v) is 8.51. The van der Waals surface area contributed by atoms with Gasteiger partial charge in [0.1, 0.15) is 0 Å². The van der Waals surface area contributed by atoms with E-state index in [0.29, 0.717) is 64.7 Å². The van der Waals surface area contributed by atoms with E-state index in [0.717, 1.165) is 24.2 Å². The third-order valence-corrected chi connectivity index (χ3v) is 4.62. The molecule has 6 heteroatoms. The van der Waals surface area contributed by atoms with Gasteiger partial charge in [-0.25, -0.2) is 0 Å². The lowest BCUT2D eigenvalue weighted by Crippen LogP contribution is -2.25. The molecule has 1 aromatic heterocycles. The number of ether oxygens (including phenoxy) is 5. The molecule has 29 heavy (non-hydrogen) atoms. The van der Waals surface area contributed by atoms with Crippen molar-refractivity contribution < 1.29 is 23.7 Å². The van der Waals surface area contributed by atoms with Crippen LogP contribution >= 0.6 is 0 Å². The molecule has 0 radical (unpaired) electrons. The Labute approximate surface area is 176 Å². The average Bonchev–Trinajstić information content (AvgIpc) is 2.67. The minimum Gasteiger partial charge on any atom is -0.377 e. The lowest BCUT2D eigenvalue weighted by Gasteiger charge is -2.21. The topological polar surface area (TPSA) is 59.0 Å². The Hall–Kier alpha value is -1.05. The van der Waals surface area contributed by atoms with Gasteiger partial charge in [0.2, 0.25) is 0 Å².